The van der Waals surface area contributed by atoms with Gasteiger partial charge in [-0.15, -0.1) is 0 Å². The molecule has 15 heavy (non-hydrogen) atoms. The van der Waals surface area contributed by atoms with Gasteiger partial charge in [-0.05, 0) is 40.0 Å². The van der Waals surface area contributed by atoms with E-state index in [1.807, 2.05) is 0 Å². The lowest BCUT2D eigenvalue weighted by Gasteiger charge is -2.32. The van der Waals surface area contributed by atoms with Crippen LogP contribution in [0.1, 0.15) is 60.8 Å². The van der Waals surface area contributed by atoms with Crippen molar-refractivity contribution in [1.82, 2.24) is 10.6 Å². The van der Waals surface area contributed by atoms with E-state index in [-0.39, 0.29) is 5.54 Å². The van der Waals surface area contributed by atoms with Crippen molar-refractivity contribution in [3.63, 3.8) is 0 Å². The minimum Gasteiger partial charge on any atom is -0.311 e. The summed E-state index contributed by atoms with van der Waals surface area (Å²) in [5.74, 6) is 0. The molecule has 0 saturated heterocycles. The highest BCUT2D eigenvalue weighted by Crippen LogP contribution is 2.18. The van der Waals surface area contributed by atoms with Gasteiger partial charge in [-0.3, -0.25) is 0 Å². The highest BCUT2D eigenvalue weighted by molar-refractivity contribution is 4.84. The van der Waals surface area contributed by atoms with Gasteiger partial charge >= 0.3 is 0 Å². The molecule has 0 fully saturated rings. The Labute approximate surface area is 96.2 Å². The fourth-order valence-electron chi connectivity index (χ4n) is 1.89. The average Bonchev–Trinajstić information content (AvgIpc) is 2.18. The lowest BCUT2D eigenvalue weighted by atomic mass is 9.90. The van der Waals surface area contributed by atoms with E-state index in [0.29, 0.717) is 5.54 Å². The first-order chi connectivity index (χ1) is 6.89. The van der Waals surface area contributed by atoms with Gasteiger partial charge in [-0.25, -0.2) is 0 Å². The van der Waals surface area contributed by atoms with Crippen molar-refractivity contribution in [2.24, 2.45) is 0 Å². The van der Waals surface area contributed by atoms with Crippen LogP contribution in [0, 0.1) is 0 Å². The summed E-state index contributed by atoms with van der Waals surface area (Å²) in [5.41, 5.74) is 0.592. The summed E-state index contributed by atoms with van der Waals surface area (Å²) in [6, 6.07) is 0. The first kappa shape index (κ1) is 14.9. The van der Waals surface area contributed by atoms with E-state index < -0.39 is 0 Å². The van der Waals surface area contributed by atoms with Crippen LogP contribution < -0.4 is 10.6 Å². The second-order valence-electron chi connectivity index (χ2n) is 5.44. The summed E-state index contributed by atoms with van der Waals surface area (Å²) in [6.45, 7) is 15.6. The SMILES string of the molecule is CCC(CC)(CC)NCCNC(C)(C)C. The number of nitrogens with one attached hydrogen (secondary N) is 2. The molecular formula is C13H30N2. The topological polar surface area (TPSA) is 24.1 Å². The van der Waals surface area contributed by atoms with Crippen molar-refractivity contribution in [2.45, 2.75) is 71.9 Å². The van der Waals surface area contributed by atoms with Gasteiger partial charge in [0, 0.05) is 24.2 Å². The molecule has 0 radical (unpaired) electrons. The van der Waals surface area contributed by atoms with Crippen LogP contribution in [0.15, 0.2) is 0 Å². The summed E-state index contributed by atoms with van der Waals surface area (Å²) in [6.07, 6.45) is 3.65. The molecule has 0 saturated carbocycles. The van der Waals surface area contributed by atoms with Crippen LogP contribution in [-0.4, -0.2) is 24.2 Å². The van der Waals surface area contributed by atoms with Gasteiger partial charge in [-0.1, -0.05) is 20.8 Å². The van der Waals surface area contributed by atoms with Crippen molar-refractivity contribution in [1.29, 1.82) is 0 Å². The molecule has 0 aliphatic heterocycles. The first-order valence-electron chi connectivity index (χ1n) is 6.39. The van der Waals surface area contributed by atoms with Gasteiger partial charge in [-0.2, -0.15) is 0 Å². The van der Waals surface area contributed by atoms with E-state index in [0.717, 1.165) is 13.1 Å². The normalized spacial score (nSPS) is 13.2. The molecule has 0 rings (SSSR count). The Balaban J connectivity index is 3.82. The van der Waals surface area contributed by atoms with Crippen LogP contribution in [0.2, 0.25) is 0 Å². The molecule has 2 nitrogen and oxygen atoms in total. The molecule has 0 amide bonds. The third kappa shape index (κ3) is 6.16. The molecule has 0 spiro atoms. The Bertz CT molecular complexity index is 146. The van der Waals surface area contributed by atoms with Crippen LogP contribution in [0.25, 0.3) is 0 Å². The predicted octanol–water partition coefficient (Wildman–Crippen LogP) is 2.93. The standard InChI is InChI=1S/C13H30N2/c1-7-13(8-2,9-3)15-11-10-14-12(4,5)6/h14-15H,7-11H2,1-6H3. The van der Waals surface area contributed by atoms with Gasteiger partial charge in [0.15, 0.2) is 0 Å². The molecule has 0 heterocycles. The van der Waals surface area contributed by atoms with Crippen molar-refractivity contribution < 1.29 is 0 Å². The van der Waals surface area contributed by atoms with Crippen molar-refractivity contribution in [3.05, 3.63) is 0 Å². The number of rotatable bonds is 7. The molecule has 0 aromatic heterocycles. The van der Waals surface area contributed by atoms with E-state index in [9.17, 15) is 0 Å². The fourth-order valence-corrected chi connectivity index (χ4v) is 1.89. The van der Waals surface area contributed by atoms with E-state index in [4.69, 9.17) is 0 Å². The van der Waals surface area contributed by atoms with Gasteiger partial charge in [0.25, 0.3) is 0 Å². The number of hydrogen-bond donors (Lipinski definition) is 2. The predicted molar refractivity (Wildman–Crippen MR) is 69.4 cm³/mol. The average molecular weight is 214 g/mol. The molecule has 0 aromatic rings. The van der Waals surface area contributed by atoms with Crippen molar-refractivity contribution in [3.8, 4) is 0 Å². The molecule has 0 aliphatic rings. The van der Waals surface area contributed by atoms with Crippen LogP contribution >= 0.6 is 0 Å². The molecule has 0 aromatic carbocycles. The minimum atomic E-state index is 0.231. The number of hydrogen-bond acceptors (Lipinski definition) is 2. The van der Waals surface area contributed by atoms with E-state index in [2.05, 4.69) is 52.2 Å². The molecule has 2 heteroatoms. The zero-order valence-corrected chi connectivity index (χ0v) is 11.5. The van der Waals surface area contributed by atoms with Crippen molar-refractivity contribution >= 4 is 0 Å². The zero-order chi connectivity index (χ0) is 11.9. The van der Waals surface area contributed by atoms with Crippen LogP contribution in [0.5, 0.6) is 0 Å². The quantitative estimate of drug-likeness (QED) is 0.637. The van der Waals surface area contributed by atoms with Crippen molar-refractivity contribution in [2.75, 3.05) is 13.1 Å². The van der Waals surface area contributed by atoms with E-state index in [1.165, 1.54) is 19.3 Å². The Morgan fingerprint density at radius 2 is 1.13 bits per heavy atom. The first-order valence-corrected chi connectivity index (χ1v) is 6.39. The van der Waals surface area contributed by atoms with Crippen LogP contribution in [0.4, 0.5) is 0 Å². The Morgan fingerprint density at radius 3 is 1.47 bits per heavy atom. The van der Waals surface area contributed by atoms with E-state index in [1.54, 1.807) is 0 Å². The molecule has 0 aliphatic carbocycles. The maximum Gasteiger partial charge on any atom is 0.0174 e. The van der Waals surface area contributed by atoms with Gasteiger partial charge < -0.3 is 10.6 Å². The zero-order valence-electron chi connectivity index (χ0n) is 11.5. The maximum atomic E-state index is 3.69. The lowest BCUT2D eigenvalue weighted by Crippen LogP contribution is -2.48. The summed E-state index contributed by atoms with van der Waals surface area (Å²) in [4.78, 5) is 0. The largest absolute Gasteiger partial charge is 0.311 e. The Hall–Kier alpha value is -0.0800. The van der Waals surface area contributed by atoms with Crippen LogP contribution in [-0.2, 0) is 0 Å². The Morgan fingerprint density at radius 1 is 0.733 bits per heavy atom. The molecule has 0 atom stereocenters. The van der Waals surface area contributed by atoms with Gasteiger partial charge in [0.1, 0.15) is 0 Å². The highest BCUT2D eigenvalue weighted by atomic mass is 15.0. The summed E-state index contributed by atoms with van der Waals surface area (Å²) in [7, 11) is 0. The summed E-state index contributed by atoms with van der Waals surface area (Å²) in [5, 5.41) is 7.20. The molecule has 0 unspecified atom stereocenters. The second-order valence-corrected chi connectivity index (χ2v) is 5.44. The van der Waals surface area contributed by atoms with Gasteiger partial charge in [0.2, 0.25) is 0 Å². The molecular weight excluding hydrogens is 184 g/mol. The Kier molecular flexibility index (Phi) is 6.46. The third-order valence-corrected chi connectivity index (χ3v) is 3.31. The summed E-state index contributed by atoms with van der Waals surface area (Å²) < 4.78 is 0. The van der Waals surface area contributed by atoms with E-state index >= 15 is 0 Å². The highest BCUT2D eigenvalue weighted by Gasteiger charge is 2.22. The smallest absolute Gasteiger partial charge is 0.0174 e. The molecule has 92 valence electrons. The molecule has 0 bridgehead atoms. The fraction of sp³-hybridized carbons (Fsp3) is 1.00. The second kappa shape index (κ2) is 6.49. The van der Waals surface area contributed by atoms with Crippen LogP contribution in [0.3, 0.4) is 0 Å². The third-order valence-electron chi connectivity index (χ3n) is 3.31. The van der Waals surface area contributed by atoms with Gasteiger partial charge in [0.05, 0.1) is 0 Å². The minimum absolute atomic E-state index is 0.231. The molecule has 2 N–H and O–H groups in total. The lowest BCUT2D eigenvalue weighted by molar-refractivity contribution is 0.284. The summed E-state index contributed by atoms with van der Waals surface area (Å²) >= 11 is 0. The monoisotopic (exact) mass is 214 g/mol. The maximum absolute atomic E-state index is 3.69.